The first-order chi connectivity index (χ1) is 12.2. The summed E-state index contributed by atoms with van der Waals surface area (Å²) in [7, 11) is 0.186. The molecule has 150 valence electrons. The van der Waals surface area contributed by atoms with Gasteiger partial charge in [0, 0.05) is 17.7 Å². The Labute approximate surface area is 175 Å². The van der Waals surface area contributed by atoms with Crippen LogP contribution in [0.5, 0.6) is 0 Å². The predicted octanol–water partition coefficient (Wildman–Crippen LogP) is 4.27. The van der Waals surface area contributed by atoms with E-state index in [9.17, 15) is 26.4 Å². The third-order valence-corrected chi connectivity index (χ3v) is 7.43. The van der Waals surface area contributed by atoms with Crippen molar-refractivity contribution >= 4 is 72.0 Å². The second-order valence-corrected chi connectivity index (χ2v) is 14.2. The van der Waals surface area contributed by atoms with Crippen LogP contribution in [-0.4, -0.2) is 18.8 Å². The molecule has 13 heteroatoms. The quantitative estimate of drug-likeness (QED) is 0.240. The van der Waals surface area contributed by atoms with Crippen LogP contribution in [0.3, 0.4) is 0 Å². The van der Waals surface area contributed by atoms with Gasteiger partial charge in [0.05, 0.1) is 5.57 Å². The van der Waals surface area contributed by atoms with Gasteiger partial charge in [-0.2, -0.15) is 8.42 Å². The largest absolute Gasteiger partial charge is 0.384 e. The maximum absolute atomic E-state index is 14.0. The van der Waals surface area contributed by atoms with Gasteiger partial charge in [0.2, 0.25) is 3.42 Å². The number of halogens is 4. The molecule has 0 fully saturated rings. The van der Waals surface area contributed by atoms with Crippen LogP contribution in [-0.2, 0) is 22.5 Å². The molecule has 1 N–H and O–H groups in total. The van der Waals surface area contributed by atoms with Crippen LogP contribution in [0.25, 0.3) is 0 Å². The summed E-state index contributed by atoms with van der Waals surface area (Å²) in [6.07, 6.45) is 0.817. The average molecular weight is 571 g/mol. The maximum Gasteiger partial charge on any atom is 0.351 e. The molecule has 27 heavy (non-hydrogen) atoms. The van der Waals surface area contributed by atoms with E-state index < -0.39 is 29.7 Å². The van der Waals surface area contributed by atoms with Crippen molar-refractivity contribution < 1.29 is 30.6 Å². The van der Waals surface area contributed by atoms with Gasteiger partial charge < -0.3 is 9.50 Å². The molecule has 4 unspecified atom stereocenters. The van der Waals surface area contributed by atoms with Crippen molar-refractivity contribution in [1.82, 2.24) is 0 Å². The third kappa shape index (κ3) is 5.75. The molecule has 5 nitrogen and oxygen atoms in total. The van der Waals surface area contributed by atoms with E-state index in [4.69, 9.17) is 4.18 Å². The lowest BCUT2D eigenvalue weighted by atomic mass is 10.1. The summed E-state index contributed by atoms with van der Waals surface area (Å²) in [6, 6.07) is 3.39. The number of carbonyl (C=O) groups is 1. The Morgan fingerprint density at radius 1 is 1.22 bits per heavy atom. The summed E-state index contributed by atoms with van der Waals surface area (Å²) in [5.41, 5.74) is -0.120. The van der Waals surface area contributed by atoms with Crippen LogP contribution in [0.1, 0.15) is 24.8 Å². The highest BCUT2D eigenvalue weighted by atomic mass is 127. The smallest absolute Gasteiger partial charge is 0.351 e. The summed E-state index contributed by atoms with van der Waals surface area (Å²) in [4.78, 5) is 12.5. The molecule has 0 aromatic heterocycles. The van der Waals surface area contributed by atoms with E-state index in [2.05, 4.69) is 5.32 Å². The lowest BCUT2D eigenvalue weighted by Crippen LogP contribution is -2.23. The molecule has 0 radical (unpaired) electrons. The Kier molecular flexibility index (Phi) is 7.23. The third-order valence-electron chi connectivity index (χ3n) is 3.62. The Morgan fingerprint density at radius 2 is 1.85 bits per heavy atom. The van der Waals surface area contributed by atoms with Crippen LogP contribution in [0, 0.1) is 5.82 Å². The Morgan fingerprint density at radius 3 is 2.41 bits per heavy atom. The first-order valence-electron chi connectivity index (χ1n) is 7.43. The summed E-state index contributed by atoms with van der Waals surface area (Å²) >= 11 is 1.39. The SMILES string of the molecule is O=C(Nc1ccc(F)c(C(F)(P)I)c1)C1=C(OS(=O)(=O)C(F)(P)P)CCC1. The second kappa shape index (κ2) is 8.39. The van der Waals surface area contributed by atoms with Crippen molar-refractivity contribution in [2.24, 2.45) is 0 Å². The fourth-order valence-corrected chi connectivity index (χ4v) is 3.81. The zero-order valence-electron chi connectivity index (χ0n) is 13.6. The van der Waals surface area contributed by atoms with Crippen molar-refractivity contribution in [1.29, 1.82) is 0 Å². The van der Waals surface area contributed by atoms with Crippen molar-refractivity contribution in [3.63, 3.8) is 0 Å². The van der Waals surface area contributed by atoms with E-state index in [0.29, 0.717) is 6.42 Å². The monoisotopic (exact) mass is 571 g/mol. The Hall–Kier alpha value is -0.0100. The molecule has 0 saturated heterocycles. The maximum atomic E-state index is 14.0. The number of nitrogens with one attached hydrogen (secondary N) is 1. The number of alkyl halides is 3. The summed E-state index contributed by atoms with van der Waals surface area (Å²) in [5.74, 6) is -1.62. The molecule has 0 bridgehead atoms. The number of hydrogen-bond acceptors (Lipinski definition) is 4. The van der Waals surface area contributed by atoms with Gasteiger partial charge in [0.1, 0.15) is 11.6 Å². The van der Waals surface area contributed by atoms with Gasteiger partial charge in [-0.25, -0.2) is 13.2 Å². The summed E-state index contributed by atoms with van der Waals surface area (Å²) in [5, 5.41) is 2.46. The van der Waals surface area contributed by atoms with Crippen molar-refractivity contribution in [3.8, 4) is 0 Å². The predicted molar refractivity (Wildman–Crippen MR) is 116 cm³/mol. The van der Waals surface area contributed by atoms with E-state index in [1.165, 1.54) is 47.1 Å². The number of rotatable bonds is 6. The van der Waals surface area contributed by atoms with Crippen molar-refractivity contribution in [2.75, 3.05) is 5.32 Å². The zero-order valence-corrected chi connectivity index (χ0v) is 20.1. The minimum Gasteiger partial charge on any atom is -0.384 e. The number of amides is 1. The van der Waals surface area contributed by atoms with E-state index in [1.807, 2.05) is 9.24 Å². The molecule has 0 spiro atoms. The number of hydrogen-bond donors (Lipinski definition) is 1. The minimum absolute atomic E-state index is 0.0376. The number of carbonyl (C=O) groups excluding carboxylic acids is 1. The standard InChI is InChI=1S/C14H16F3INO4P3S/c15-10-5-4-7(6-9(10)13(16,18)24)19-12(20)8-2-1-3-11(8)23-27(21,22)14(17,25)26/h4-6H,1-3,24-26H2,(H,19,20). The van der Waals surface area contributed by atoms with Gasteiger partial charge in [0.25, 0.3) is 10.4 Å². The lowest BCUT2D eigenvalue weighted by molar-refractivity contribution is -0.113. The fraction of sp³-hybridized carbons (Fsp3) is 0.357. The highest BCUT2D eigenvalue weighted by Gasteiger charge is 2.39. The number of allylic oxidation sites excluding steroid dienone is 1. The Bertz CT molecular complexity index is 898. The molecule has 1 aliphatic carbocycles. The van der Waals surface area contributed by atoms with E-state index in [-0.39, 0.29) is 35.4 Å². The van der Waals surface area contributed by atoms with E-state index in [1.54, 1.807) is 0 Å². The van der Waals surface area contributed by atoms with Gasteiger partial charge in [-0.1, -0.05) is 27.7 Å². The van der Waals surface area contributed by atoms with E-state index >= 15 is 0 Å². The normalized spacial score (nSPS) is 17.6. The van der Waals surface area contributed by atoms with Gasteiger partial charge in [-0.05, 0) is 53.6 Å². The fourth-order valence-electron chi connectivity index (χ4n) is 2.31. The molecule has 1 aromatic rings. The topological polar surface area (TPSA) is 72.5 Å². The molecule has 1 aliphatic rings. The van der Waals surface area contributed by atoms with E-state index in [0.717, 1.165) is 12.1 Å². The molecular weight excluding hydrogens is 555 g/mol. The average Bonchev–Trinajstić information content (AvgIpc) is 2.94. The van der Waals surface area contributed by atoms with Crippen LogP contribution >= 0.6 is 50.3 Å². The van der Waals surface area contributed by atoms with Crippen LogP contribution in [0.15, 0.2) is 29.5 Å². The zero-order chi connectivity index (χ0) is 20.6. The minimum atomic E-state index is -4.63. The summed E-state index contributed by atoms with van der Waals surface area (Å²) in [6.45, 7) is 0. The number of benzene rings is 1. The first-order valence-corrected chi connectivity index (χ1v) is 11.6. The molecular formula is C14H16F3INO4P3S. The molecule has 0 aliphatic heterocycles. The number of anilines is 1. The molecule has 4 atom stereocenters. The van der Waals surface area contributed by atoms with Gasteiger partial charge in [-0.3, -0.25) is 4.79 Å². The van der Waals surface area contributed by atoms with Gasteiger partial charge in [0.15, 0.2) is 0 Å². The van der Waals surface area contributed by atoms with Gasteiger partial charge in [-0.15, -0.1) is 0 Å². The highest BCUT2D eigenvalue weighted by Crippen LogP contribution is 2.43. The molecule has 2 rings (SSSR count). The summed E-state index contributed by atoms with van der Waals surface area (Å²) < 4.78 is 65.1. The molecule has 1 amide bonds. The lowest BCUT2D eigenvalue weighted by Gasteiger charge is -2.17. The molecule has 0 heterocycles. The van der Waals surface area contributed by atoms with Gasteiger partial charge >= 0.3 is 10.1 Å². The van der Waals surface area contributed by atoms with Crippen LogP contribution in [0.4, 0.5) is 18.9 Å². The molecule has 0 saturated carbocycles. The van der Waals surface area contributed by atoms with Crippen molar-refractivity contribution in [2.45, 2.75) is 27.2 Å². The molecule has 1 aromatic carbocycles. The van der Waals surface area contributed by atoms with Crippen LogP contribution < -0.4 is 5.32 Å². The van der Waals surface area contributed by atoms with Crippen molar-refractivity contribution in [3.05, 3.63) is 40.9 Å². The Balaban J connectivity index is 2.27. The van der Waals surface area contributed by atoms with Crippen LogP contribution in [0.2, 0.25) is 0 Å². The second-order valence-electron chi connectivity index (χ2n) is 5.76. The highest BCUT2D eigenvalue weighted by molar-refractivity contribution is 14.1. The first kappa shape index (κ1) is 23.3.